The van der Waals surface area contributed by atoms with Crippen LogP contribution in [0.15, 0.2) is 59.7 Å². The highest BCUT2D eigenvalue weighted by molar-refractivity contribution is 6.00. The number of allylic oxidation sites excluding steroid dienone is 2. The minimum Gasteiger partial charge on any atom is -0.508 e. The summed E-state index contributed by atoms with van der Waals surface area (Å²) in [5.41, 5.74) is 8.52. The van der Waals surface area contributed by atoms with Gasteiger partial charge >= 0.3 is 0 Å². The Morgan fingerprint density at radius 3 is 2.37 bits per heavy atom. The zero-order valence-corrected chi connectivity index (χ0v) is 36.5. The van der Waals surface area contributed by atoms with Gasteiger partial charge in [0.1, 0.15) is 17.6 Å². The van der Waals surface area contributed by atoms with Gasteiger partial charge in [0.05, 0.1) is 17.8 Å². The lowest BCUT2D eigenvalue weighted by atomic mass is 9.33. The van der Waals surface area contributed by atoms with Crippen molar-refractivity contribution < 1.29 is 34.8 Å². The molecule has 9 nitrogen and oxygen atoms in total. The summed E-state index contributed by atoms with van der Waals surface area (Å²) in [6.45, 7) is 15.2. The van der Waals surface area contributed by atoms with Gasteiger partial charge in [-0.15, -0.1) is 0 Å². The van der Waals surface area contributed by atoms with Crippen LogP contribution in [-0.4, -0.2) is 75.1 Å². The van der Waals surface area contributed by atoms with E-state index in [4.69, 9.17) is 10.5 Å². The van der Waals surface area contributed by atoms with Gasteiger partial charge in [0.2, 0.25) is 0 Å². The summed E-state index contributed by atoms with van der Waals surface area (Å²) in [5, 5.41) is 47.8. The molecule has 9 heteroatoms. The largest absolute Gasteiger partial charge is 0.508 e. The fourth-order valence-electron chi connectivity index (χ4n) is 15.4. The molecule has 1 aliphatic heterocycles. The quantitative estimate of drug-likeness (QED) is 0.0935. The average Bonchev–Trinajstić information content (AvgIpc) is 3.47. The third kappa shape index (κ3) is 6.66. The van der Waals surface area contributed by atoms with Gasteiger partial charge in [0.25, 0.3) is 0 Å². The molecule has 8 rings (SSSR count). The number of aromatic hydroxyl groups is 1. The van der Waals surface area contributed by atoms with Crippen molar-refractivity contribution >= 4 is 17.3 Å². The molecule has 1 heterocycles. The Balaban J connectivity index is 1.12. The van der Waals surface area contributed by atoms with E-state index in [-0.39, 0.29) is 65.2 Å². The number of nitrogens with one attached hydrogen (secondary N) is 1. The number of nitrogen functional groups attached to an aromatic ring is 1. The molecule has 0 spiro atoms. The van der Waals surface area contributed by atoms with Gasteiger partial charge in [-0.2, -0.15) is 0 Å². The number of hydrogen-bond donors (Lipinski definition) is 6. The lowest BCUT2D eigenvalue weighted by molar-refractivity contribution is -0.203. The van der Waals surface area contributed by atoms with Crippen LogP contribution in [0.2, 0.25) is 0 Å². The highest BCUT2D eigenvalue weighted by Gasteiger charge is 2.72. The molecule has 5 aliphatic carbocycles. The van der Waals surface area contributed by atoms with Crippen LogP contribution in [0.25, 0.3) is 0 Å². The third-order valence-electron chi connectivity index (χ3n) is 17.5. The summed E-state index contributed by atoms with van der Waals surface area (Å²) in [7, 11) is 0. The van der Waals surface area contributed by atoms with Crippen LogP contribution >= 0.6 is 0 Å². The lowest BCUT2D eigenvalue weighted by Crippen LogP contribution is -2.70. The summed E-state index contributed by atoms with van der Waals surface area (Å²) < 4.78 is 6.48. The Morgan fingerprint density at radius 2 is 1.68 bits per heavy atom. The van der Waals surface area contributed by atoms with Crippen molar-refractivity contribution in [2.24, 2.45) is 45.3 Å². The molecule has 0 amide bonds. The molecule has 5 fully saturated rings. The standard InChI is InChI=1S/C50H70N2O7/c1-28(21-39(56)45-49(7,59-45)36-16-10-15-34(36)30-11-8-13-32(51)22-30)42-37-17-18-41-47(5)24-35(31-12-9-14-33(55)23-31)44(58)46(3,4)43(47)38(52-27-29(2)54)25-50(41,19-20-53)48(37,6)26-40(42)57/h8-9,11-14,22-23,28-29,34-36,38-39,41,43,45,52-56H,10,15-21,24-27,51H2,1-7H3. The molecule has 0 radical (unpaired) electrons. The molecule has 2 aromatic rings. The molecule has 322 valence electrons. The fraction of sp³-hybridized carbons (Fsp3) is 0.680. The Labute approximate surface area is 351 Å². The predicted molar refractivity (Wildman–Crippen MR) is 230 cm³/mol. The number of Topliss-reactive ketones (excluding diaryl/α,β-unsaturated/α-hetero) is 2. The SMILES string of the molecule is CC(O)CNC1CC2(CCO)C(CCC3=C(C(C)CC(O)C4OC4(C)C4CCCC4c4cccc(N)c4)C(=O)CC32C)C2(C)CC(c3cccc(O)c3)C(=O)C(C)(C)C12. The number of phenolic OH excluding ortho intramolecular Hbond substituents is 1. The number of fused-ring (bicyclic) bond motifs is 5. The Hall–Kier alpha value is -3.08. The molecule has 59 heavy (non-hydrogen) atoms. The first-order valence-electron chi connectivity index (χ1n) is 22.7. The third-order valence-corrected chi connectivity index (χ3v) is 17.5. The van der Waals surface area contributed by atoms with Crippen LogP contribution < -0.4 is 11.1 Å². The van der Waals surface area contributed by atoms with Crippen LogP contribution in [0.3, 0.4) is 0 Å². The number of carbonyl (C=O) groups excluding carboxylic acids is 2. The maximum absolute atomic E-state index is 14.7. The maximum Gasteiger partial charge on any atom is 0.159 e. The Kier molecular flexibility index (Phi) is 10.9. The van der Waals surface area contributed by atoms with E-state index >= 15 is 0 Å². The van der Waals surface area contributed by atoms with E-state index in [1.54, 1.807) is 19.1 Å². The molecular weight excluding hydrogens is 741 g/mol. The van der Waals surface area contributed by atoms with Crippen molar-refractivity contribution in [1.29, 1.82) is 0 Å². The summed E-state index contributed by atoms with van der Waals surface area (Å²) in [6.07, 6.45) is 5.83. The molecular formula is C50H70N2O7. The molecule has 1 saturated heterocycles. The first kappa shape index (κ1) is 42.6. The molecule has 4 saturated carbocycles. The number of anilines is 1. The second-order valence-corrected chi connectivity index (χ2v) is 21.3. The Bertz CT molecular complexity index is 1990. The number of ether oxygens (including phenoxy) is 1. The lowest BCUT2D eigenvalue weighted by Gasteiger charge is -2.71. The van der Waals surface area contributed by atoms with Crippen molar-refractivity contribution in [2.75, 3.05) is 18.9 Å². The highest BCUT2D eigenvalue weighted by Crippen LogP contribution is 2.76. The predicted octanol–water partition coefficient (Wildman–Crippen LogP) is 7.61. The zero-order valence-electron chi connectivity index (χ0n) is 36.5. The number of epoxide rings is 1. The summed E-state index contributed by atoms with van der Waals surface area (Å²) in [5.74, 6) is 0.538. The zero-order chi connectivity index (χ0) is 42.4. The average molecular weight is 811 g/mol. The molecule has 6 aliphatic rings. The van der Waals surface area contributed by atoms with Crippen molar-refractivity contribution in [2.45, 2.75) is 154 Å². The topological polar surface area (TPSA) is 166 Å². The minimum atomic E-state index is -0.727. The van der Waals surface area contributed by atoms with Gasteiger partial charge in [-0.3, -0.25) is 9.59 Å². The van der Waals surface area contributed by atoms with Gasteiger partial charge in [-0.05, 0) is 147 Å². The molecule has 14 atom stereocenters. The summed E-state index contributed by atoms with van der Waals surface area (Å²) in [6, 6.07) is 15.2. The number of carbonyl (C=O) groups is 2. The number of hydrogen-bond acceptors (Lipinski definition) is 9. The van der Waals surface area contributed by atoms with E-state index in [0.717, 1.165) is 48.9 Å². The van der Waals surface area contributed by atoms with Crippen molar-refractivity contribution in [3.63, 3.8) is 0 Å². The number of aliphatic hydroxyl groups is 3. The van der Waals surface area contributed by atoms with E-state index < -0.39 is 40.0 Å². The van der Waals surface area contributed by atoms with Crippen LogP contribution in [0.1, 0.15) is 136 Å². The van der Waals surface area contributed by atoms with Crippen LogP contribution in [-0.2, 0) is 14.3 Å². The maximum atomic E-state index is 14.7. The molecule has 2 aromatic carbocycles. The van der Waals surface area contributed by atoms with Gasteiger partial charge in [0.15, 0.2) is 5.78 Å². The highest BCUT2D eigenvalue weighted by atomic mass is 16.6. The van der Waals surface area contributed by atoms with E-state index in [2.05, 4.69) is 59.0 Å². The van der Waals surface area contributed by atoms with Gasteiger partial charge in [-0.25, -0.2) is 0 Å². The monoisotopic (exact) mass is 811 g/mol. The normalized spacial score (nSPS) is 40.3. The van der Waals surface area contributed by atoms with Crippen LogP contribution in [0.5, 0.6) is 5.75 Å². The van der Waals surface area contributed by atoms with Crippen LogP contribution in [0, 0.1) is 45.3 Å². The summed E-state index contributed by atoms with van der Waals surface area (Å²) in [4.78, 5) is 29.3. The smallest absolute Gasteiger partial charge is 0.159 e. The fourth-order valence-corrected chi connectivity index (χ4v) is 15.4. The van der Waals surface area contributed by atoms with E-state index in [1.165, 1.54) is 11.1 Å². The van der Waals surface area contributed by atoms with Gasteiger partial charge < -0.3 is 36.2 Å². The van der Waals surface area contributed by atoms with Crippen LogP contribution in [0.4, 0.5) is 5.69 Å². The number of rotatable bonds is 12. The van der Waals surface area contributed by atoms with Gasteiger partial charge in [0, 0.05) is 48.0 Å². The second-order valence-electron chi connectivity index (χ2n) is 21.3. The first-order valence-corrected chi connectivity index (χ1v) is 22.7. The van der Waals surface area contributed by atoms with Crippen molar-refractivity contribution in [3.8, 4) is 5.75 Å². The first-order chi connectivity index (χ1) is 27.8. The van der Waals surface area contributed by atoms with E-state index in [9.17, 15) is 30.0 Å². The second kappa shape index (κ2) is 15.1. The number of aliphatic hydroxyl groups excluding tert-OH is 3. The summed E-state index contributed by atoms with van der Waals surface area (Å²) >= 11 is 0. The number of benzene rings is 2. The van der Waals surface area contributed by atoms with Crippen molar-refractivity contribution in [3.05, 3.63) is 70.8 Å². The number of phenols is 1. The molecule has 0 bridgehead atoms. The Morgan fingerprint density at radius 1 is 0.949 bits per heavy atom. The number of ketones is 2. The molecule has 14 unspecified atom stereocenters. The number of nitrogens with two attached hydrogens (primary N) is 1. The van der Waals surface area contributed by atoms with Crippen molar-refractivity contribution in [1.82, 2.24) is 5.32 Å². The van der Waals surface area contributed by atoms with E-state index in [0.29, 0.717) is 44.6 Å². The minimum absolute atomic E-state index is 0.0192. The van der Waals surface area contributed by atoms with E-state index in [1.807, 2.05) is 24.3 Å². The molecule has 0 aromatic heterocycles. The van der Waals surface area contributed by atoms with Gasteiger partial charge in [-0.1, -0.05) is 70.9 Å². The molecule has 7 N–H and O–H groups in total.